The van der Waals surface area contributed by atoms with Crippen LogP contribution in [0.25, 0.3) is 0 Å². The number of hydrogen-bond acceptors (Lipinski definition) is 2. The van der Waals surface area contributed by atoms with Gasteiger partial charge >= 0.3 is 0 Å². The molecule has 2 rings (SSSR count). The lowest BCUT2D eigenvalue weighted by molar-refractivity contribution is 0.247. The maximum absolute atomic E-state index is 3.54. The van der Waals surface area contributed by atoms with Gasteiger partial charge in [-0.2, -0.15) is 0 Å². The maximum atomic E-state index is 3.54. The second-order valence-electron chi connectivity index (χ2n) is 7.30. The van der Waals surface area contributed by atoms with Gasteiger partial charge in [-0.1, -0.05) is 20.3 Å². The Labute approximate surface area is 120 Å². The third-order valence-corrected chi connectivity index (χ3v) is 4.31. The van der Waals surface area contributed by atoms with Gasteiger partial charge in [0.15, 0.2) is 0 Å². The molecular weight excluding hydrogens is 232 g/mol. The summed E-state index contributed by atoms with van der Waals surface area (Å²) in [7, 11) is 0. The Kier molecular flexibility index (Phi) is 6.66. The number of nitrogens with zero attached hydrogens (tertiary/aromatic N) is 1. The van der Waals surface area contributed by atoms with E-state index in [0.29, 0.717) is 0 Å². The van der Waals surface area contributed by atoms with Crippen molar-refractivity contribution in [1.82, 2.24) is 10.2 Å². The molecular formula is C17H34N2. The van der Waals surface area contributed by atoms with Crippen molar-refractivity contribution in [2.45, 2.75) is 58.8 Å². The van der Waals surface area contributed by atoms with E-state index < -0.39 is 0 Å². The molecule has 19 heavy (non-hydrogen) atoms. The molecule has 0 aromatic heterocycles. The fraction of sp³-hybridized carbons (Fsp3) is 1.00. The molecule has 2 aliphatic rings. The fourth-order valence-corrected chi connectivity index (χ4v) is 2.74. The van der Waals surface area contributed by atoms with Gasteiger partial charge in [0.2, 0.25) is 0 Å². The van der Waals surface area contributed by atoms with Crippen LogP contribution in [0.2, 0.25) is 0 Å². The van der Waals surface area contributed by atoms with Crippen molar-refractivity contribution < 1.29 is 0 Å². The molecule has 0 unspecified atom stereocenters. The SMILES string of the molecule is CC(C)CNCCCCCN(CC1CC1)CC1CC1. The summed E-state index contributed by atoms with van der Waals surface area (Å²) in [5.41, 5.74) is 0. The second-order valence-corrected chi connectivity index (χ2v) is 7.30. The summed E-state index contributed by atoms with van der Waals surface area (Å²) in [6.07, 6.45) is 10.2. The van der Waals surface area contributed by atoms with E-state index in [1.54, 1.807) is 0 Å². The molecule has 0 aromatic carbocycles. The highest BCUT2D eigenvalue weighted by atomic mass is 15.1. The lowest BCUT2D eigenvalue weighted by Gasteiger charge is -2.22. The zero-order valence-corrected chi connectivity index (χ0v) is 13.2. The van der Waals surface area contributed by atoms with Gasteiger partial charge in [-0.25, -0.2) is 0 Å². The molecule has 0 heterocycles. The van der Waals surface area contributed by atoms with Crippen LogP contribution >= 0.6 is 0 Å². The number of nitrogens with one attached hydrogen (secondary N) is 1. The molecule has 1 N–H and O–H groups in total. The fourth-order valence-electron chi connectivity index (χ4n) is 2.74. The van der Waals surface area contributed by atoms with Crippen LogP contribution in [0.5, 0.6) is 0 Å². The Morgan fingerprint density at radius 3 is 2.11 bits per heavy atom. The molecule has 0 saturated heterocycles. The Hall–Kier alpha value is -0.0800. The molecule has 0 aromatic rings. The number of hydrogen-bond donors (Lipinski definition) is 1. The Morgan fingerprint density at radius 2 is 1.58 bits per heavy atom. The quantitative estimate of drug-likeness (QED) is 0.544. The van der Waals surface area contributed by atoms with Gasteiger partial charge in [-0.15, -0.1) is 0 Å². The summed E-state index contributed by atoms with van der Waals surface area (Å²) in [6.45, 7) is 11.1. The lowest BCUT2D eigenvalue weighted by atomic mass is 10.2. The van der Waals surface area contributed by atoms with E-state index in [1.807, 2.05) is 0 Å². The number of rotatable bonds is 12. The molecule has 0 amide bonds. The second kappa shape index (κ2) is 8.26. The summed E-state index contributed by atoms with van der Waals surface area (Å²) in [5, 5.41) is 3.54. The molecule has 0 aliphatic heterocycles. The topological polar surface area (TPSA) is 15.3 Å². The third kappa shape index (κ3) is 7.94. The summed E-state index contributed by atoms with van der Waals surface area (Å²) >= 11 is 0. The minimum atomic E-state index is 0.785. The molecule has 0 spiro atoms. The average molecular weight is 266 g/mol. The molecule has 112 valence electrons. The first-order valence-electron chi connectivity index (χ1n) is 8.67. The molecule has 2 aliphatic carbocycles. The van der Waals surface area contributed by atoms with Crippen molar-refractivity contribution in [1.29, 1.82) is 0 Å². The van der Waals surface area contributed by atoms with E-state index in [9.17, 15) is 0 Å². The standard InChI is InChI=1S/C17H34N2/c1-15(2)12-18-10-4-3-5-11-19(13-16-6-7-16)14-17-8-9-17/h15-18H,3-14H2,1-2H3. The van der Waals surface area contributed by atoms with Gasteiger partial charge < -0.3 is 10.2 Å². The molecule has 0 atom stereocenters. The van der Waals surface area contributed by atoms with Crippen molar-refractivity contribution in [2.24, 2.45) is 17.8 Å². The monoisotopic (exact) mass is 266 g/mol. The summed E-state index contributed by atoms with van der Waals surface area (Å²) in [4.78, 5) is 2.77. The highest BCUT2D eigenvalue weighted by Gasteiger charge is 2.28. The van der Waals surface area contributed by atoms with Gasteiger partial charge in [0.05, 0.1) is 0 Å². The van der Waals surface area contributed by atoms with Crippen LogP contribution in [-0.2, 0) is 0 Å². The zero-order chi connectivity index (χ0) is 13.5. The van der Waals surface area contributed by atoms with Crippen molar-refractivity contribution in [3.8, 4) is 0 Å². The van der Waals surface area contributed by atoms with E-state index in [0.717, 1.165) is 17.8 Å². The number of unbranched alkanes of at least 4 members (excludes halogenated alkanes) is 2. The lowest BCUT2D eigenvalue weighted by Crippen LogP contribution is -2.29. The van der Waals surface area contributed by atoms with E-state index in [4.69, 9.17) is 0 Å². The van der Waals surface area contributed by atoms with Gasteiger partial charge in [0.1, 0.15) is 0 Å². The van der Waals surface area contributed by atoms with Crippen molar-refractivity contribution in [2.75, 3.05) is 32.7 Å². The first-order valence-corrected chi connectivity index (χ1v) is 8.67. The molecule has 0 bridgehead atoms. The van der Waals surface area contributed by atoms with Crippen molar-refractivity contribution in [3.05, 3.63) is 0 Å². The van der Waals surface area contributed by atoms with Gasteiger partial charge in [0, 0.05) is 13.1 Å². The molecule has 2 saturated carbocycles. The predicted molar refractivity (Wildman–Crippen MR) is 83.4 cm³/mol. The molecule has 0 radical (unpaired) electrons. The largest absolute Gasteiger partial charge is 0.316 e. The molecule has 2 heteroatoms. The Morgan fingerprint density at radius 1 is 0.947 bits per heavy atom. The van der Waals surface area contributed by atoms with E-state index in [-0.39, 0.29) is 0 Å². The van der Waals surface area contributed by atoms with Crippen LogP contribution < -0.4 is 5.32 Å². The summed E-state index contributed by atoms with van der Waals surface area (Å²) in [6, 6.07) is 0. The highest BCUT2D eigenvalue weighted by molar-refractivity contribution is 4.82. The predicted octanol–water partition coefficient (Wildman–Crippen LogP) is 3.52. The van der Waals surface area contributed by atoms with Crippen molar-refractivity contribution >= 4 is 0 Å². The van der Waals surface area contributed by atoms with Crippen LogP contribution in [0, 0.1) is 17.8 Å². The Bertz CT molecular complexity index is 217. The van der Waals surface area contributed by atoms with Crippen LogP contribution in [0.4, 0.5) is 0 Å². The van der Waals surface area contributed by atoms with Crippen LogP contribution in [0.1, 0.15) is 58.8 Å². The van der Waals surface area contributed by atoms with Gasteiger partial charge in [-0.3, -0.25) is 0 Å². The first-order chi connectivity index (χ1) is 9.24. The summed E-state index contributed by atoms with van der Waals surface area (Å²) in [5.74, 6) is 2.91. The van der Waals surface area contributed by atoms with E-state index >= 15 is 0 Å². The van der Waals surface area contributed by atoms with Crippen LogP contribution in [0.3, 0.4) is 0 Å². The average Bonchev–Trinajstić information content (AvgIpc) is 3.23. The summed E-state index contributed by atoms with van der Waals surface area (Å²) < 4.78 is 0. The highest BCUT2D eigenvalue weighted by Crippen LogP contribution is 2.33. The minimum Gasteiger partial charge on any atom is -0.316 e. The maximum Gasteiger partial charge on any atom is 0.000978 e. The third-order valence-electron chi connectivity index (χ3n) is 4.31. The molecule has 2 fully saturated rings. The first kappa shape index (κ1) is 15.3. The normalized spacial score (nSPS) is 19.6. The zero-order valence-electron chi connectivity index (χ0n) is 13.2. The van der Waals surface area contributed by atoms with Gasteiger partial charge in [-0.05, 0) is 75.9 Å². The Balaban J connectivity index is 1.44. The van der Waals surface area contributed by atoms with Crippen molar-refractivity contribution in [3.63, 3.8) is 0 Å². The van der Waals surface area contributed by atoms with Gasteiger partial charge in [0.25, 0.3) is 0 Å². The van der Waals surface area contributed by atoms with E-state index in [1.165, 1.54) is 77.7 Å². The smallest absolute Gasteiger partial charge is 0.000978 e. The van der Waals surface area contributed by atoms with Crippen LogP contribution in [-0.4, -0.2) is 37.6 Å². The minimum absolute atomic E-state index is 0.785. The van der Waals surface area contributed by atoms with E-state index in [2.05, 4.69) is 24.1 Å². The molecule has 2 nitrogen and oxygen atoms in total. The van der Waals surface area contributed by atoms with Crippen LogP contribution in [0.15, 0.2) is 0 Å².